The lowest BCUT2D eigenvalue weighted by molar-refractivity contribution is -0.120. The van der Waals surface area contributed by atoms with Crippen LogP contribution in [0.25, 0.3) is 0 Å². The van der Waals surface area contributed by atoms with E-state index in [-0.39, 0.29) is 12.0 Å². The number of aromatic amines is 2. The van der Waals surface area contributed by atoms with Gasteiger partial charge in [0, 0.05) is 11.3 Å². The van der Waals surface area contributed by atoms with Crippen LogP contribution in [0.2, 0.25) is 0 Å². The number of nitrogens with zero attached hydrogens (tertiary/aromatic N) is 1. The Balaban J connectivity index is 1.85. The van der Waals surface area contributed by atoms with Crippen molar-refractivity contribution < 1.29 is 9.53 Å². The third kappa shape index (κ3) is 6.58. The molecular weight excluding hydrogens is 348 g/mol. The number of aryl methyl sites for hydroxylation is 1. The number of H-pyrrole nitrogens is 2. The van der Waals surface area contributed by atoms with Gasteiger partial charge in [0.15, 0.2) is 0 Å². The van der Waals surface area contributed by atoms with Gasteiger partial charge in [0.25, 0.3) is 5.56 Å². The molecule has 0 radical (unpaired) electrons. The first-order valence-corrected chi connectivity index (χ1v) is 8.86. The average Bonchev–Trinajstić information content (AvgIpc) is 2.63. The largest absolute Gasteiger partial charge is 0.494 e. The third-order valence-electron chi connectivity index (χ3n) is 3.89. The highest BCUT2D eigenvalue weighted by Crippen LogP contribution is 2.11. The summed E-state index contributed by atoms with van der Waals surface area (Å²) in [6.07, 6.45) is 4.65. The molecule has 3 N–H and O–H groups in total. The molecule has 1 heterocycles. The molecule has 1 aromatic heterocycles. The van der Waals surface area contributed by atoms with Gasteiger partial charge < -0.3 is 9.72 Å². The van der Waals surface area contributed by atoms with E-state index >= 15 is 0 Å². The van der Waals surface area contributed by atoms with Crippen LogP contribution in [0.1, 0.15) is 43.0 Å². The SMILES string of the molecule is CCCCCOc1ccc(/C=N\NC(=O)Cc2c(C)[nH]c(=O)[nH]c2=O)cc1. The van der Waals surface area contributed by atoms with E-state index in [0.29, 0.717) is 12.3 Å². The Morgan fingerprint density at radius 2 is 1.93 bits per heavy atom. The van der Waals surface area contributed by atoms with E-state index < -0.39 is 17.2 Å². The molecule has 8 nitrogen and oxygen atoms in total. The number of nitrogens with one attached hydrogen (secondary N) is 3. The lowest BCUT2D eigenvalue weighted by Gasteiger charge is -2.05. The molecule has 1 aromatic carbocycles. The standard InChI is InChI=1S/C19H24N4O4/c1-3-4-5-10-27-15-8-6-14(7-9-15)12-20-23-17(24)11-16-13(2)21-19(26)22-18(16)25/h6-9,12H,3-5,10-11H2,1-2H3,(H,23,24)(H2,21,22,25,26)/b20-12-. The Bertz CT molecular complexity index is 897. The minimum absolute atomic E-state index is 0.181. The van der Waals surface area contributed by atoms with E-state index in [1.807, 2.05) is 24.3 Å². The normalized spacial score (nSPS) is 10.9. The number of carbonyl (C=O) groups excluding carboxylic acids is 1. The molecule has 0 aliphatic carbocycles. The fourth-order valence-electron chi connectivity index (χ4n) is 2.41. The molecule has 0 saturated carbocycles. The summed E-state index contributed by atoms with van der Waals surface area (Å²) in [6, 6.07) is 7.36. The molecule has 2 rings (SSSR count). The highest BCUT2D eigenvalue weighted by Gasteiger charge is 2.10. The Morgan fingerprint density at radius 3 is 2.59 bits per heavy atom. The number of unbranched alkanes of at least 4 members (excludes halogenated alkanes) is 2. The van der Waals surface area contributed by atoms with E-state index in [2.05, 4.69) is 27.4 Å². The van der Waals surface area contributed by atoms with Crippen LogP contribution in [0.15, 0.2) is 39.0 Å². The van der Waals surface area contributed by atoms with Crippen LogP contribution in [-0.4, -0.2) is 28.7 Å². The predicted molar refractivity (Wildman–Crippen MR) is 103 cm³/mol. The summed E-state index contributed by atoms with van der Waals surface area (Å²) in [7, 11) is 0. The van der Waals surface area contributed by atoms with Crippen LogP contribution in [0.3, 0.4) is 0 Å². The molecule has 0 bridgehead atoms. The fourth-order valence-corrected chi connectivity index (χ4v) is 2.41. The van der Waals surface area contributed by atoms with Crippen LogP contribution in [-0.2, 0) is 11.2 Å². The summed E-state index contributed by atoms with van der Waals surface area (Å²) < 4.78 is 5.63. The van der Waals surface area contributed by atoms with Crippen molar-refractivity contribution in [2.75, 3.05) is 6.61 Å². The number of amides is 1. The molecule has 0 fully saturated rings. The summed E-state index contributed by atoms with van der Waals surface area (Å²) in [5.41, 5.74) is 2.55. The first kappa shape index (κ1) is 20.2. The third-order valence-corrected chi connectivity index (χ3v) is 3.89. The summed E-state index contributed by atoms with van der Waals surface area (Å²) in [5, 5.41) is 3.88. The second kappa shape index (κ2) is 10.1. The lowest BCUT2D eigenvalue weighted by Crippen LogP contribution is -2.30. The van der Waals surface area contributed by atoms with Gasteiger partial charge in [-0.1, -0.05) is 19.8 Å². The summed E-state index contributed by atoms with van der Waals surface area (Å²) >= 11 is 0. The smallest absolute Gasteiger partial charge is 0.325 e. The van der Waals surface area contributed by atoms with Crippen molar-refractivity contribution in [3.05, 3.63) is 61.9 Å². The molecule has 0 aliphatic rings. The second-order valence-corrected chi connectivity index (χ2v) is 6.11. The van der Waals surface area contributed by atoms with Crippen molar-refractivity contribution in [2.45, 2.75) is 39.5 Å². The second-order valence-electron chi connectivity index (χ2n) is 6.11. The van der Waals surface area contributed by atoms with Gasteiger partial charge in [0.2, 0.25) is 5.91 Å². The van der Waals surface area contributed by atoms with Crippen molar-refractivity contribution in [1.29, 1.82) is 0 Å². The van der Waals surface area contributed by atoms with Gasteiger partial charge in [0.05, 0.1) is 19.2 Å². The van der Waals surface area contributed by atoms with Crippen LogP contribution in [0.4, 0.5) is 0 Å². The Hall–Kier alpha value is -3.16. The summed E-state index contributed by atoms with van der Waals surface area (Å²) in [4.78, 5) is 39.4. The monoisotopic (exact) mass is 372 g/mol. The maximum atomic E-state index is 11.9. The molecule has 144 valence electrons. The van der Waals surface area contributed by atoms with Crippen molar-refractivity contribution in [3.63, 3.8) is 0 Å². The quantitative estimate of drug-likeness (QED) is 0.352. The fraction of sp³-hybridized carbons (Fsp3) is 0.368. The molecule has 27 heavy (non-hydrogen) atoms. The van der Waals surface area contributed by atoms with Gasteiger partial charge in [-0.25, -0.2) is 10.2 Å². The van der Waals surface area contributed by atoms with Gasteiger partial charge in [-0.15, -0.1) is 0 Å². The van der Waals surface area contributed by atoms with Gasteiger partial charge >= 0.3 is 5.69 Å². The molecule has 0 spiro atoms. The van der Waals surface area contributed by atoms with Gasteiger partial charge in [-0.2, -0.15) is 5.10 Å². The topological polar surface area (TPSA) is 116 Å². The van der Waals surface area contributed by atoms with E-state index in [1.54, 1.807) is 6.92 Å². The average molecular weight is 372 g/mol. The predicted octanol–water partition coefficient (Wildman–Crippen LogP) is 1.63. The zero-order valence-electron chi connectivity index (χ0n) is 15.5. The summed E-state index contributed by atoms with van der Waals surface area (Å²) in [5.74, 6) is 0.336. The molecule has 0 saturated heterocycles. The number of carbonyl (C=O) groups is 1. The van der Waals surface area contributed by atoms with E-state index in [1.165, 1.54) is 6.21 Å². The molecule has 1 amide bonds. The first-order valence-electron chi connectivity index (χ1n) is 8.86. The van der Waals surface area contributed by atoms with Gasteiger partial charge in [-0.3, -0.25) is 14.6 Å². The van der Waals surface area contributed by atoms with Gasteiger partial charge in [0.1, 0.15) is 5.75 Å². The lowest BCUT2D eigenvalue weighted by atomic mass is 10.1. The molecule has 0 aliphatic heterocycles. The highest BCUT2D eigenvalue weighted by molar-refractivity contribution is 5.83. The maximum Gasteiger partial charge on any atom is 0.325 e. The molecule has 2 aromatic rings. The van der Waals surface area contributed by atoms with Crippen LogP contribution in [0, 0.1) is 6.92 Å². The van der Waals surface area contributed by atoms with Crippen molar-refractivity contribution in [3.8, 4) is 5.75 Å². The summed E-state index contributed by atoms with van der Waals surface area (Å²) in [6.45, 7) is 4.40. The number of aromatic nitrogens is 2. The van der Waals surface area contributed by atoms with E-state index in [0.717, 1.165) is 30.6 Å². The molecule has 8 heteroatoms. The molecule has 0 unspecified atom stereocenters. The Kier molecular flexibility index (Phi) is 7.54. The van der Waals surface area contributed by atoms with E-state index in [4.69, 9.17) is 4.74 Å². The Morgan fingerprint density at radius 1 is 1.19 bits per heavy atom. The zero-order valence-corrected chi connectivity index (χ0v) is 15.5. The minimum Gasteiger partial charge on any atom is -0.494 e. The van der Waals surface area contributed by atoms with Crippen molar-refractivity contribution in [2.24, 2.45) is 5.10 Å². The Labute approximate surface area is 156 Å². The number of hydrogen-bond donors (Lipinski definition) is 3. The number of rotatable bonds is 9. The van der Waals surface area contributed by atoms with Crippen molar-refractivity contribution >= 4 is 12.1 Å². The molecule has 0 atom stereocenters. The van der Waals surface area contributed by atoms with E-state index in [9.17, 15) is 14.4 Å². The van der Waals surface area contributed by atoms with Crippen LogP contribution < -0.4 is 21.4 Å². The molecular formula is C19H24N4O4. The first-order chi connectivity index (χ1) is 13.0. The van der Waals surface area contributed by atoms with Gasteiger partial charge in [-0.05, 0) is 43.2 Å². The number of hydrogen-bond acceptors (Lipinski definition) is 5. The minimum atomic E-state index is -0.600. The highest BCUT2D eigenvalue weighted by atomic mass is 16.5. The number of hydrazone groups is 1. The van der Waals surface area contributed by atoms with Crippen molar-refractivity contribution in [1.82, 2.24) is 15.4 Å². The maximum absolute atomic E-state index is 11.9. The van der Waals surface area contributed by atoms with Crippen LogP contribution >= 0.6 is 0 Å². The number of benzene rings is 1. The number of ether oxygens (including phenoxy) is 1. The van der Waals surface area contributed by atoms with Crippen LogP contribution in [0.5, 0.6) is 5.75 Å². The zero-order chi connectivity index (χ0) is 19.6.